The summed E-state index contributed by atoms with van der Waals surface area (Å²) in [6, 6.07) is 8.26. The van der Waals surface area contributed by atoms with Crippen molar-refractivity contribution < 1.29 is 0 Å². The lowest BCUT2D eigenvalue weighted by atomic mass is 10.0. The molecule has 4 nitrogen and oxygen atoms in total. The van der Waals surface area contributed by atoms with Crippen LogP contribution in [0.5, 0.6) is 0 Å². The van der Waals surface area contributed by atoms with Gasteiger partial charge in [0, 0.05) is 11.5 Å². The molecule has 6 heteroatoms. The molecule has 0 aliphatic heterocycles. The second kappa shape index (κ2) is 5.01. The van der Waals surface area contributed by atoms with Gasteiger partial charge >= 0.3 is 0 Å². The topological polar surface area (TPSA) is 43.6 Å². The van der Waals surface area contributed by atoms with Crippen molar-refractivity contribution in [1.82, 2.24) is 20.2 Å². The number of hydrogen-bond acceptors (Lipinski definition) is 3. The Labute approximate surface area is 128 Å². The van der Waals surface area contributed by atoms with E-state index in [0.717, 1.165) is 12.0 Å². The Hall–Kier alpha value is -1.13. The van der Waals surface area contributed by atoms with E-state index in [1.165, 1.54) is 5.56 Å². The zero-order valence-corrected chi connectivity index (χ0v) is 12.9. The number of aromatic nitrogens is 4. The Morgan fingerprint density at radius 1 is 1.30 bits per heavy atom. The maximum atomic E-state index is 6.00. The Balaban J connectivity index is 1.73. The summed E-state index contributed by atoms with van der Waals surface area (Å²) >= 11 is 12.0. The SMILES string of the molecule is CC(C)c1ccc(-c2nnn(C[C@@H]3CC3(Cl)Cl)n2)cc1. The van der Waals surface area contributed by atoms with Gasteiger partial charge in [-0.1, -0.05) is 38.1 Å². The molecule has 0 radical (unpaired) electrons. The highest BCUT2D eigenvalue weighted by molar-refractivity contribution is 6.50. The van der Waals surface area contributed by atoms with Crippen LogP contribution in [0.4, 0.5) is 0 Å². The van der Waals surface area contributed by atoms with E-state index >= 15 is 0 Å². The molecule has 0 bridgehead atoms. The normalized spacial score (nSPS) is 20.4. The molecule has 0 N–H and O–H groups in total. The first kappa shape index (κ1) is 13.8. The Morgan fingerprint density at radius 2 is 1.95 bits per heavy atom. The van der Waals surface area contributed by atoms with Crippen LogP contribution in [0.15, 0.2) is 24.3 Å². The molecule has 1 saturated carbocycles. The van der Waals surface area contributed by atoms with Gasteiger partial charge in [0.25, 0.3) is 0 Å². The fourth-order valence-electron chi connectivity index (χ4n) is 2.12. The van der Waals surface area contributed by atoms with E-state index in [1.54, 1.807) is 4.80 Å². The van der Waals surface area contributed by atoms with Crippen molar-refractivity contribution >= 4 is 23.2 Å². The second-order valence-corrected chi connectivity index (χ2v) is 7.15. The summed E-state index contributed by atoms with van der Waals surface area (Å²) in [5.74, 6) is 1.37. The molecule has 2 aromatic rings. The summed E-state index contributed by atoms with van der Waals surface area (Å²) < 4.78 is -0.604. The number of alkyl halides is 2. The first-order valence-corrected chi connectivity index (χ1v) is 7.47. The van der Waals surface area contributed by atoms with E-state index in [0.29, 0.717) is 18.3 Å². The summed E-state index contributed by atoms with van der Waals surface area (Å²) in [4.78, 5) is 1.57. The molecule has 20 heavy (non-hydrogen) atoms. The van der Waals surface area contributed by atoms with Crippen molar-refractivity contribution in [3.05, 3.63) is 29.8 Å². The van der Waals surface area contributed by atoms with Crippen LogP contribution in [0.1, 0.15) is 31.7 Å². The molecule has 1 aliphatic rings. The highest BCUT2D eigenvalue weighted by Gasteiger charge is 2.52. The minimum Gasteiger partial charge on any atom is -0.163 e. The fraction of sp³-hybridized carbons (Fsp3) is 0.500. The van der Waals surface area contributed by atoms with Crippen LogP contribution in [0.2, 0.25) is 0 Å². The third kappa shape index (κ3) is 2.81. The minimum atomic E-state index is -0.604. The number of benzene rings is 1. The molecular weight excluding hydrogens is 295 g/mol. The molecule has 1 aromatic carbocycles. The summed E-state index contributed by atoms with van der Waals surface area (Å²) in [7, 11) is 0. The molecule has 0 spiro atoms. The maximum Gasteiger partial charge on any atom is 0.204 e. The van der Waals surface area contributed by atoms with Crippen molar-refractivity contribution in [3.63, 3.8) is 0 Å². The smallest absolute Gasteiger partial charge is 0.163 e. The van der Waals surface area contributed by atoms with Crippen LogP contribution < -0.4 is 0 Å². The third-order valence-electron chi connectivity index (χ3n) is 3.63. The van der Waals surface area contributed by atoms with Gasteiger partial charge < -0.3 is 0 Å². The summed E-state index contributed by atoms with van der Waals surface area (Å²) in [6.07, 6.45) is 0.788. The van der Waals surface area contributed by atoms with Gasteiger partial charge in [-0.3, -0.25) is 0 Å². The van der Waals surface area contributed by atoms with Crippen molar-refractivity contribution in [2.75, 3.05) is 0 Å². The lowest BCUT2D eigenvalue weighted by molar-refractivity contribution is 0.484. The van der Waals surface area contributed by atoms with Gasteiger partial charge in [0.05, 0.1) is 6.54 Å². The average molecular weight is 311 g/mol. The lowest BCUT2D eigenvalue weighted by Gasteiger charge is -2.04. The van der Waals surface area contributed by atoms with Gasteiger partial charge in [-0.15, -0.1) is 33.4 Å². The zero-order chi connectivity index (χ0) is 14.3. The van der Waals surface area contributed by atoms with E-state index in [1.807, 2.05) is 12.1 Å². The summed E-state index contributed by atoms with van der Waals surface area (Å²) in [5.41, 5.74) is 2.27. The van der Waals surface area contributed by atoms with Crippen LogP contribution in [0.3, 0.4) is 0 Å². The van der Waals surface area contributed by atoms with Crippen LogP contribution in [0.25, 0.3) is 11.4 Å². The van der Waals surface area contributed by atoms with Gasteiger partial charge in [0.2, 0.25) is 5.82 Å². The van der Waals surface area contributed by atoms with E-state index in [4.69, 9.17) is 23.2 Å². The van der Waals surface area contributed by atoms with Crippen molar-refractivity contribution in [1.29, 1.82) is 0 Å². The van der Waals surface area contributed by atoms with E-state index in [9.17, 15) is 0 Å². The van der Waals surface area contributed by atoms with Crippen LogP contribution in [0, 0.1) is 5.92 Å². The quantitative estimate of drug-likeness (QED) is 0.809. The summed E-state index contributed by atoms with van der Waals surface area (Å²) in [5, 5.41) is 12.5. The molecule has 1 heterocycles. The molecule has 1 atom stereocenters. The molecular formula is C14H16Cl2N4. The molecule has 3 rings (SSSR count). The number of hydrogen-bond donors (Lipinski definition) is 0. The number of tetrazole rings is 1. The first-order chi connectivity index (χ1) is 9.45. The predicted octanol–water partition coefficient (Wildman–Crippen LogP) is 3.66. The zero-order valence-electron chi connectivity index (χ0n) is 11.4. The number of rotatable bonds is 4. The Bertz CT molecular complexity index is 604. The highest BCUT2D eigenvalue weighted by Crippen LogP contribution is 2.53. The maximum absolute atomic E-state index is 6.00. The molecule has 1 aliphatic carbocycles. The van der Waals surface area contributed by atoms with Gasteiger partial charge in [-0.2, -0.15) is 4.80 Å². The van der Waals surface area contributed by atoms with Gasteiger partial charge in [-0.05, 0) is 23.1 Å². The fourth-order valence-corrected chi connectivity index (χ4v) is 2.63. The molecule has 1 aromatic heterocycles. The van der Waals surface area contributed by atoms with Crippen molar-refractivity contribution in [2.24, 2.45) is 5.92 Å². The standard InChI is InChI=1S/C14H16Cl2N4/c1-9(2)10-3-5-11(6-4-10)13-17-19-20(18-13)8-12-7-14(12,15)16/h3-6,9,12H,7-8H2,1-2H3/t12-/m0/s1. The largest absolute Gasteiger partial charge is 0.204 e. The predicted molar refractivity (Wildman–Crippen MR) is 79.9 cm³/mol. The molecule has 1 fully saturated rings. The Kier molecular flexibility index (Phi) is 3.46. The summed E-state index contributed by atoms with van der Waals surface area (Å²) in [6.45, 7) is 4.96. The van der Waals surface area contributed by atoms with Crippen LogP contribution in [-0.4, -0.2) is 24.5 Å². The van der Waals surface area contributed by atoms with Crippen LogP contribution >= 0.6 is 23.2 Å². The van der Waals surface area contributed by atoms with Crippen molar-refractivity contribution in [2.45, 2.75) is 37.1 Å². The van der Waals surface area contributed by atoms with E-state index in [2.05, 4.69) is 41.4 Å². The first-order valence-electron chi connectivity index (χ1n) is 6.71. The minimum absolute atomic E-state index is 0.219. The van der Waals surface area contributed by atoms with E-state index in [-0.39, 0.29) is 5.92 Å². The lowest BCUT2D eigenvalue weighted by Crippen LogP contribution is -2.07. The van der Waals surface area contributed by atoms with E-state index < -0.39 is 4.33 Å². The van der Waals surface area contributed by atoms with Gasteiger partial charge in [0.1, 0.15) is 4.33 Å². The number of halogens is 2. The highest BCUT2D eigenvalue weighted by atomic mass is 35.5. The molecule has 0 amide bonds. The molecule has 0 unspecified atom stereocenters. The molecule has 0 saturated heterocycles. The van der Waals surface area contributed by atoms with Crippen molar-refractivity contribution in [3.8, 4) is 11.4 Å². The molecule has 106 valence electrons. The van der Waals surface area contributed by atoms with Gasteiger partial charge in [-0.25, -0.2) is 0 Å². The van der Waals surface area contributed by atoms with Gasteiger partial charge in [0.15, 0.2) is 0 Å². The second-order valence-electron chi connectivity index (χ2n) is 5.61. The third-order valence-corrected chi connectivity index (χ3v) is 4.55. The Morgan fingerprint density at radius 3 is 2.50 bits per heavy atom. The number of nitrogens with zero attached hydrogens (tertiary/aromatic N) is 4. The monoisotopic (exact) mass is 310 g/mol. The average Bonchev–Trinajstić information content (AvgIpc) is 2.82. The van der Waals surface area contributed by atoms with Crippen LogP contribution in [-0.2, 0) is 6.54 Å².